The molecule has 4 aromatic carbocycles. The molecule has 0 atom stereocenters. The fourth-order valence-electron chi connectivity index (χ4n) is 3.23. The number of hydrogen-bond donors (Lipinski definition) is 2. The van der Waals surface area contributed by atoms with Crippen LogP contribution in [0.15, 0.2) is 131 Å². The predicted molar refractivity (Wildman–Crippen MR) is 169 cm³/mol. The van der Waals surface area contributed by atoms with Crippen LogP contribution in [0, 0.1) is 0 Å². The lowest BCUT2D eigenvalue weighted by atomic mass is 10.2. The molecule has 4 rings (SSSR count). The minimum atomic E-state index is -4.68. The molecular weight excluding hydrogens is 673 g/mol. The first-order valence-electron chi connectivity index (χ1n) is 13.3. The Bertz CT molecular complexity index is 1340. The van der Waals surface area contributed by atoms with Crippen LogP contribution in [0.3, 0.4) is 0 Å². The van der Waals surface area contributed by atoms with Crippen LogP contribution in [0.25, 0.3) is 0 Å². The van der Waals surface area contributed by atoms with Crippen molar-refractivity contribution in [2.75, 3.05) is 18.2 Å². The van der Waals surface area contributed by atoms with E-state index < -0.39 is 32.8 Å². The van der Waals surface area contributed by atoms with Gasteiger partial charge in [-0.25, -0.2) is 4.39 Å². The van der Waals surface area contributed by atoms with Crippen LogP contribution < -0.4 is 9.79 Å². The second-order valence-electron chi connectivity index (χ2n) is 8.90. The highest BCUT2D eigenvalue weighted by atomic mass is 32.2. The van der Waals surface area contributed by atoms with Crippen molar-refractivity contribution in [3.05, 3.63) is 132 Å². The molecule has 0 aliphatic heterocycles. The summed E-state index contributed by atoms with van der Waals surface area (Å²) in [5.41, 5.74) is 2.77. The van der Waals surface area contributed by atoms with Crippen LogP contribution in [0.4, 0.5) is 26.3 Å². The Balaban J connectivity index is 0.000000335. The molecule has 0 aliphatic carbocycles. The lowest BCUT2D eigenvalue weighted by Crippen LogP contribution is -2.19. The number of benzene rings is 4. The summed E-state index contributed by atoms with van der Waals surface area (Å²) in [6.07, 6.45) is -0.991. The number of rotatable bonds is 10. The van der Waals surface area contributed by atoms with Gasteiger partial charge in [0.15, 0.2) is 16.5 Å². The Kier molecular flexibility index (Phi) is 20.2. The van der Waals surface area contributed by atoms with Gasteiger partial charge in [0, 0.05) is 36.4 Å². The van der Waals surface area contributed by atoms with Gasteiger partial charge in [0.05, 0.1) is 0 Å². The van der Waals surface area contributed by atoms with Crippen LogP contribution in [0.1, 0.15) is 11.1 Å². The van der Waals surface area contributed by atoms with Gasteiger partial charge in [0.1, 0.15) is 23.0 Å². The topological polar surface area (TPSA) is 104 Å². The largest absolute Gasteiger partial charge is 0.598 e. The van der Waals surface area contributed by atoms with Gasteiger partial charge in [-0.05, 0) is 59.7 Å². The minimum Gasteiger partial charge on any atom is -0.598 e. The predicted octanol–water partition coefficient (Wildman–Crippen LogP) is 6.65. The molecule has 5 nitrogen and oxygen atoms in total. The third kappa shape index (κ3) is 19.1. The number of halogens is 6. The molecule has 0 saturated carbocycles. The van der Waals surface area contributed by atoms with Crippen LogP contribution in [0.2, 0.25) is 0 Å². The van der Waals surface area contributed by atoms with Crippen molar-refractivity contribution in [2.24, 2.45) is 0 Å². The zero-order chi connectivity index (χ0) is 34.4. The number of phenols is 2. The Hall–Kier alpha value is -3.48. The average molecular weight is 706 g/mol. The highest BCUT2D eigenvalue weighted by Crippen LogP contribution is 2.29. The molecule has 248 valence electrons. The van der Waals surface area contributed by atoms with Gasteiger partial charge in [-0.15, -0.1) is 0 Å². The molecule has 46 heavy (non-hydrogen) atoms. The van der Waals surface area contributed by atoms with E-state index in [4.69, 9.17) is 24.6 Å². The fourth-order valence-corrected chi connectivity index (χ4v) is 5.21. The molecule has 0 heterocycles. The number of thiol groups is 2. The second-order valence-corrected chi connectivity index (χ2v) is 11.9. The average Bonchev–Trinajstić information content (AvgIpc) is 3.04. The zero-order valence-electron chi connectivity index (χ0n) is 24.2. The summed E-state index contributed by atoms with van der Waals surface area (Å²) in [4.78, 5) is 19.5. The van der Waals surface area contributed by atoms with Crippen molar-refractivity contribution >= 4 is 31.8 Å². The zero-order valence-corrected chi connectivity index (χ0v) is 26.8. The van der Waals surface area contributed by atoms with Gasteiger partial charge < -0.3 is 20.0 Å². The Morgan fingerprint density at radius 1 is 0.652 bits per heavy atom. The van der Waals surface area contributed by atoms with Crippen molar-refractivity contribution in [3.63, 3.8) is 0 Å². The summed E-state index contributed by atoms with van der Waals surface area (Å²) in [5.74, 6) is -4.78. The monoisotopic (exact) mass is 705 g/mol. The highest BCUT2D eigenvalue weighted by molar-refractivity contribution is 7.78. The van der Waals surface area contributed by atoms with Crippen molar-refractivity contribution in [1.29, 1.82) is 0 Å². The first-order valence-corrected chi connectivity index (χ1v) is 16.6. The van der Waals surface area contributed by atoms with Crippen LogP contribution in [0.5, 0.6) is 11.5 Å². The number of alkyl halides is 3. The number of aryl methyl sites for hydroxylation is 2. The first kappa shape index (κ1) is 40.5. The molecule has 0 amide bonds. The SMILES string of the molecule is FCC(F)(F)C(F)=C(F)F.O=[P+]([O-])[O-].Oc1ccc([SH+]CCc2ccccc2)cc1.Oc1ccc([SH+]CCc2ccccc2)cc1. The van der Waals surface area contributed by atoms with E-state index >= 15 is 0 Å². The summed E-state index contributed by atoms with van der Waals surface area (Å²) in [7, 11) is -3.37. The van der Waals surface area contributed by atoms with Crippen LogP contribution >= 0.6 is 8.25 Å². The molecule has 4 aromatic rings. The maximum Gasteiger partial charge on any atom is 0.331 e. The summed E-state index contributed by atoms with van der Waals surface area (Å²) in [5, 5.41) is 18.3. The van der Waals surface area contributed by atoms with Crippen molar-refractivity contribution in [3.8, 4) is 11.5 Å². The van der Waals surface area contributed by atoms with Gasteiger partial charge in [-0.3, -0.25) is 0 Å². The van der Waals surface area contributed by atoms with E-state index in [-0.39, 0.29) is 0 Å². The van der Waals surface area contributed by atoms with E-state index in [2.05, 4.69) is 48.5 Å². The number of aromatic hydroxyl groups is 2. The van der Waals surface area contributed by atoms with Crippen molar-refractivity contribution < 1.29 is 50.9 Å². The first-order chi connectivity index (χ1) is 21.8. The second kappa shape index (κ2) is 22.9. The molecule has 0 aromatic heterocycles. The molecule has 0 fully saturated rings. The van der Waals surface area contributed by atoms with E-state index in [1.807, 2.05) is 36.4 Å². The number of allylic oxidation sites excluding steroid dienone is 1. The van der Waals surface area contributed by atoms with E-state index in [0.717, 1.165) is 24.3 Å². The summed E-state index contributed by atoms with van der Waals surface area (Å²) in [6.45, 7) is -2.46. The molecule has 14 heteroatoms. The third-order valence-electron chi connectivity index (χ3n) is 5.43. The maximum absolute atomic E-state index is 11.5. The van der Waals surface area contributed by atoms with Crippen molar-refractivity contribution in [1.82, 2.24) is 0 Å². The van der Waals surface area contributed by atoms with E-state index in [1.165, 1.54) is 44.4 Å². The van der Waals surface area contributed by atoms with E-state index in [9.17, 15) is 26.3 Å². The Morgan fingerprint density at radius 3 is 1.24 bits per heavy atom. The fraction of sp³-hybridized carbons (Fsp3) is 0.188. The Labute approximate surface area is 272 Å². The van der Waals surface area contributed by atoms with Gasteiger partial charge in [0.25, 0.3) is 8.25 Å². The molecule has 0 bridgehead atoms. The van der Waals surface area contributed by atoms with Crippen LogP contribution in [-0.4, -0.2) is 34.3 Å². The molecule has 0 spiro atoms. The van der Waals surface area contributed by atoms with Gasteiger partial charge in [0.2, 0.25) is 5.83 Å². The van der Waals surface area contributed by atoms with Gasteiger partial charge >= 0.3 is 12.0 Å². The molecule has 2 N–H and O–H groups in total. The third-order valence-corrected chi connectivity index (χ3v) is 7.65. The number of phenolic OH excluding ortho intramolecular Hbond substituents is 2. The van der Waals surface area contributed by atoms with Gasteiger partial charge in [-0.2, -0.15) is 22.0 Å². The molecule has 0 radical (unpaired) electrons. The summed E-state index contributed by atoms with van der Waals surface area (Å²) >= 11 is 2.63. The molecular formula is C32H32F6O5PS2+. The molecule has 0 aliphatic rings. The van der Waals surface area contributed by atoms with Gasteiger partial charge in [-0.1, -0.05) is 65.2 Å². The quantitative estimate of drug-likeness (QED) is 0.0833. The minimum absolute atomic E-state index is 0.335. The molecule has 0 saturated heterocycles. The normalized spacial score (nSPS) is 10.2. The standard InChI is InChI=1S/2C14H14OS.C4H2F6.HO3P/c2*15-13-6-8-14(9-7-13)16-11-10-12-4-2-1-3-5-12;5-1-4(9,10)2(6)3(7)8;1-4(2)3/h2*1-9,15H,10-11H2;1H2;(H,1,2,3)/p+1. The van der Waals surface area contributed by atoms with Crippen molar-refractivity contribution in [2.45, 2.75) is 28.6 Å². The lowest BCUT2D eigenvalue weighted by molar-refractivity contribution is -0.297. The van der Waals surface area contributed by atoms with E-state index in [0.29, 0.717) is 11.5 Å². The van der Waals surface area contributed by atoms with E-state index in [1.54, 1.807) is 24.3 Å². The Morgan fingerprint density at radius 2 is 0.978 bits per heavy atom. The molecule has 0 unspecified atom stereocenters. The highest BCUT2D eigenvalue weighted by Gasteiger charge is 2.39. The summed E-state index contributed by atoms with van der Waals surface area (Å²) in [6, 6.07) is 35.9. The maximum atomic E-state index is 11.5. The smallest absolute Gasteiger partial charge is 0.331 e. The summed E-state index contributed by atoms with van der Waals surface area (Å²) < 4.78 is 75.9. The lowest BCUT2D eigenvalue weighted by Gasteiger charge is -2.06. The van der Waals surface area contributed by atoms with Crippen LogP contribution in [-0.2, 0) is 40.9 Å². The number of hydrogen-bond acceptors (Lipinski definition) is 5.